The van der Waals surface area contributed by atoms with Crippen molar-refractivity contribution in [2.24, 2.45) is 0 Å². The molecule has 6 heteroatoms. The summed E-state index contributed by atoms with van der Waals surface area (Å²) in [6.45, 7) is 6.17. The van der Waals surface area contributed by atoms with Crippen molar-refractivity contribution < 1.29 is 4.79 Å². The third kappa shape index (κ3) is 4.81. The van der Waals surface area contributed by atoms with E-state index in [4.69, 9.17) is 16.6 Å². The van der Waals surface area contributed by atoms with Gasteiger partial charge in [-0.1, -0.05) is 23.7 Å². The molecule has 1 N–H and O–H groups in total. The molecule has 0 spiro atoms. The van der Waals surface area contributed by atoms with Crippen LogP contribution in [0.5, 0.6) is 0 Å². The summed E-state index contributed by atoms with van der Waals surface area (Å²) >= 11 is 5.89. The Morgan fingerprint density at radius 3 is 2.53 bits per heavy atom. The fourth-order valence-corrected chi connectivity index (χ4v) is 3.71. The minimum Gasteiger partial charge on any atom is -0.354 e. The molecule has 1 aliphatic rings. The fourth-order valence-electron chi connectivity index (χ4n) is 3.58. The van der Waals surface area contributed by atoms with Crippen LogP contribution in [0.1, 0.15) is 11.1 Å². The van der Waals surface area contributed by atoms with E-state index in [-0.39, 0.29) is 5.91 Å². The molecular weight excluding hydrogens is 396 g/mol. The number of hydrogen-bond donors (Lipinski definition) is 1. The molecule has 4 rings (SSSR count). The molecule has 0 bridgehead atoms. The van der Waals surface area contributed by atoms with Crippen LogP contribution >= 0.6 is 11.6 Å². The number of pyridine rings is 1. The summed E-state index contributed by atoms with van der Waals surface area (Å²) < 4.78 is 0. The molecule has 5 nitrogen and oxygen atoms in total. The summed E-state index contributed by atoms with van der Waals surface area (Å²) in [6.07, 6.45) is 3.29. The Morgan fingerprint density at radius 2 is 1.80 bits per heavy atom. The molecule has 2 aromatic carbocycles. The van der Waals surface area contributed by atoms with Crippen molar-refractivity contribution in [3.63, 3.8) is 0 Å². The Bertz CT molecular complexity index is 1090. The Labute approximate surface area is 182 Å². The van der Waals surface area contributed by atoms with Gasteiger partial charge in [0.25, 0.3) is 0 Å². The molecule has 1 saturated heterocycles. The van der Waals surface area contributed by atoms with Gasteiger partial charge in [-0.25, -0.2) is 4.98 Å². The van der Waals surface area contributed by atoms with Gasteiger partial charge in [0.2, 0.25) is 5.91 Å². The van der Waals surface area contributed by atoms with Crippen LogP contribution in [-0.2, 0) is 4.79 Å². The second-order valence-corrected chi connectivity index (χ2v) is 8.13. The smallest absolute Gasteiger partial charge is 0.248 e. The zero-order valence-electron chi connectivity index (χ0n) is 17.2. The number of fused-ring (bicyclic) bond motifs is 1. The largest absolute Gasteiger partial charge is 0.354 e. The first-order chi connectivity index (χ1) is 14.5. The van der Waals surface area contributed by atoms with Crippen molar-refractivity contribution in [3.05, 3.63) is 70.8 Å². The van der Waals surface area contributed by atoms with Gasteiger partial charge < -0.3 is 15.1 Å². The molecule has 154 valence electrons. The number of halogens is 1. The van der Waals surface area contributed by atoms with Crippen LogP contribution in [0.2, 0.25) is 5.02 Å². The molecular formula is C24H25ClN4O. The van der Waals surface area contributed by atoms with Crippen LogP contribution in [0.4, 0.5) is 11.5 Å². The van der Waals surface area contributed by atoms with Gasteiger partial charge in [0, 0.05) is 48.4 Å². The number of nitrogens with one attached hydrogen (secondary N) is 1. The summed E-state index contributed by atoms with van der Waals surface area (Å²) in [5, 5.41) is 4.65. The van der Waals surface area contributed by atoms with Crippen LogP contribution in [-0.4, -0.2) is 49.0 Å². The second kappa shape index (κ2) is 8.86. The highest BCUT2D eigenvalue weighted by Crippen LogP contribution is 2.26. The third-order valence-electron chi connectivity index (χ3n) is 5.39. The molecule has 0 radical (unpaired) electrons. The highest BCUT2D eigenvalue weighted by atomic mass is 35.5. The standard InChI is InChI=1S/C24H25ClN4O/c1-17-15-23(29-13-11-28(2)12-14-29)27-22-9-8-20(16-21(17)22)26-24(30)10-5-18-3-6-19(25)7-4-18/h3-10,15-16H,11-14H2,1-2H3,(H,26,30). The first-order valence-corrected chi connectivity index (χ1v) is 10.5. The maximum Gasteiger partial charge on any atom is 0.248 e. The first kappa shape index (κ1) is 20.4. The van der Waals surface area contributed by atoms with E-state index in [2.05, 4.69) is 35.2 Å². The van der Waals surface area contributed by atoms with E-state index in [1.807, 2.05) is 30.3 Å². The molecule has 2 heterocycles. The molecule has 1 aliphatic heterocycles. The summed E-state index contributed by atoms with van der Waals surface area (Å²) in [6, 6.07) is 15.3. The maximum absolute atomic E-state index is 12.3. The minimum absolute atomic E-state index is 0.177. The van der Waals surface area contributed by atoms with Crippen molar-refractivity contribution >= 4 is 46.0 Å². The predicted octanol–water partition coefficient (Wildman–Crippen LogP) is 4.60. The zero-order valence-corrected chi connectivity index (χ0v) is 18.0. The number of nitrogens with zero attached hydrogens (tertiary/aromatic N) is 3. The molecule has 0 unspecified atom stereocenters. The summed E-state index contributed by atoms with van der Waals surface area (Å²) in [4.78, 5) is 21.8. The Kier molecular flexibility index (Phi) is 6.02. The van der Waals surface area contributed by atoms with Crippen molar-refractivity contribution in [2.75, 3.05) is 43.4 Å². The van der Waals surface area contributed by atoms with E-state index in [0.717, 1.165) is 59.7 Å². The second-order valence-electron chi connectivity index (χ2n) is 7.69. The molecule has 30 heavy (non-hydrogen) atoms. The average Bonchev–Trinajstić information content (AvgIpc) is 2.74. The number of amides is 1. The van der Waals surface area contributed by atoms with Crippen LogP contribution < -0.4 is 10.2 Å². The first-order valence-electron chi connectivity index (χ1n) is 10.1. The van der Waals surface area contributed by atoms with Crippen molar-refractivity contribution in [2.45, 2.75) is 6.92 Å². The van der Waals surface area contributed by atoms with E-state index in [1.165, 1.54) is 6.08 Å². The Balaban J connectivity index is 1.49. The molecule has 3 aromatic rings. The van der Waals surface area contributed by atoms with Gasteiger partial charge in [-0.2, -0.15) is 0 Å². The number of benzene rings is 2. The van der Waals surface area contributed by atoms with E-state index in [9.17, 15) is 4.79 Å². The average molecular weight is 421 g/mol. The van der Waals surface area contributed by atoms with Gasteiger partial charge in [-0.3, -0.25) is 4.79 Å². The Morgan fingerprint density at radius 1 is 1.07 bits per heavy atom. The summed E-state index contributed by atoms with van der Waals surface area (Å²) in [5.74, 6) is 0.847. The molecule has 1 amide bonds. The minimum atomic E-state index is -0.177. The lowest BCUT2D eigenvalue weighted by molar-refractivity contribution is -0.111. The molecule has 1 aromatic heterocycles. The number of carbonyl (C=O) groups excluding carboxylic acids is 1. The van der Waals surface area contributed by atoms with Gasteiger partial charge in [-0.15, -0.1) is 0 Å². The predicted molar refractivity (Wildman–Crippen MR) is 125 cm³/mol. The van der Waals surface area contributed by atoms with E-state index in [1.54, 1.807) is 18.2 Å². The number of aryl methyl sites for hydroxylation is 1. The van der Waals surface area contributed by atoms with E-state index in [0.29, 0.717) is 5.02 Å². The lowest BCUT2D eigenvalue weighted by Gasteiger charge is -2.33. The molecule has 0 aliphatic carbocycles. The summed E-state index contributed by atoms with van der Waals surface area (Å²) in [5.41, 5.74) is 3.77. The van der Waals surface area contributed by atoms with Gasteiger partial charge >= 0.3 is 0 Å². The third-order valence-corrected chi connectivity index (χ3v) is 5.65. The molecule has 0 atom stereocenters. The number of likely N-dealkylation sites (N-methyl/N-ethyl adjacent to an activating group) is 1. The highest BCUT2D eigenvalue weighted by Gasteiger charge is 2.16. The fraction of sp³-hybridized carbons (Fsp3) is 0.250. The van der Waals surface area contributed by atoms with E-state index < -0.39 is 0 Å². The van der Waals surface area contributed by atoms with Crippen LogP contribution in [0.3, 0.4) is 0 Å². The van der Waals surface area contributed by atoms with Gasteiger partial charge in [0.15, 0.2) is 0 Å². The zero-order chi connectivity index (χ0) is 21.1. The quantitative estimate of drug-likeness (QED) is 0.626. The van der Waals surface area contributed by atoms with Crippen LogP contribution in [0, 0.1) is 6.92 Å². The number of aromatic nitrogens is 1. The topological polar surface area (TPSA) is 48.5 Å². The Hall–Kier alpha value is -2.89. The number of hydrogen-bond acceptors (Lipinski definition) is 4. The lowest BCUT2D eigenvalue weighted by atomic mass is 10.1. The van der Waals surface area contributed by atoms with Crippen molar-refractivity contribution in [1.82, 2.24) is 9.88 Å². The van der Waals surface area contributed by atoms with Crippen molar-refractivity contribution in [3.8, 4) is 0 Å². The van der Waals surface area contributed by atoms with Gasteiger partial charge in [0.1, 0.15) is 5.82 Å². The number of anilines is 2. The van der Waals surface area contributed by atoms with Gasteiger partial charge in [0.05, 0.1) is 5.52 Å². The monoisotopic (exact) mass is 420 g/mol. The molecule has 1 fully saturated rings. The van der Waals surface area contributed by atoms with Gasteiger partial charge in [-0.05, 0) is 67.6 Å². The number of carbonyl (C=O) groups is 1. The maximum atomic E-state index is 12.3. The van der Waals surface area contributed by atoms with Crippen molar-refractivity contribution in [1.29, 1.82) is 0 Å². The lowest BCUT2D eigenvalue weighted by Crippen LogP contribution is -2.44. The SMILES string of the molecule is Cc1cc(N2CCN(C)CC2)nc2ccc(NC(=O)C=Cc3ccc(Cl)cc3)cc12. The van der Waals surface area contributed by atoms with Crippen LogP contribution in [0.15, 0.2) is 54.6 Å². The highest BCUT2D eigenvalue weighted by molar-refractivity contribution is 6.30. The van der Waals surface area contributed by atoms with E-state index >= 15 is 0 Å². The normalized spacial score (nSPS) is 15.1. The number of rotatable bonds is 4. The summed E-state index contributed by atoms with van der Waals surface area (Å²) in [7, 11) is 2.15. The molecule has 0 saturated carbocycles. The number of piperazine rings is 1. The van der Waals surface area contributed by atoms with Crippen LogP contribution in [0.25, 0.3) is 17.0 Å².